The van der Waals surface area contributed by atoms with Gasteiger partial charge in [-0.25, -0.2) is 9.29 Å². The van der Waals surface area contributed by atoms with Crippen LogP contribution in [0.25, 0.3) is 10.2 Å². The lowest BCUT2D eigenvalue weighted by molar-refractivity contribution is 0.233. The highest BCUT2D eigenvalue weighted by molar-refractivity contribution is 7.97. The molecule has 0 bridgehead atoms. The van der Waals surface area contributed by atoms with E-state index < -0.39 is 0 Å². The van der Waals surface area contributed by atoms with Gasteiger partial charge in [0.1, 0.15) is 10.8 Å². The van der Waals surface area contributed by atoms with Gasteiger partial charge in [0.15, 0.2) is 0 Å². The summed E-state index contributed by atoms with van der Waals surface area (Å²) in [5, 5.41) is 0.966. The minimum Gasteiger partial charge on any atom is -0.495 e. The largest absolute Gasteiger partial charge is 0.495 e. The summed E-state index contributed by atoms with van der Waals surface area (Å²) in [6, 6.07) is 4.19. The van der Waals surface area contributed by atoms with E-state index in [-0.39, 0.29) is 0 Å². The molecule has 0 atom stereocenters. The van der Waals surface area contributed by atoms with E-state index in [2.05, 4.69) is 33.4 Å². The molecule has 5 nitrogen and oxygen atoms in total. The van der Waals surface area contributed by atoms with Crippen LogP contribution < -0.4 is 10.5 Å². The molecule has 1 fully saturated rings. The summed E-state index contributed by atoms with van der Waals surface area (Å²) in [5.74, 6) is 0.915. The Kier molecular flexibility index (Phi) is 4.66. The van der Waals surface area contributed by atoms with Crippen LogP contribution in [0.2, 0.25) is 0 Å². The summed E-state index contributed by atoms with van der Waals surface area (Å²) in [6.07, 6.45) is 0. The molecule has 0 saturated carbocycles. The van der Waals surface area contributed by atoms with Crippen molar-refractivity contribution in [2.75, 3.05) is 40.3 Å². The third-order valence-corrected chi connectivity index (χ3v) is 5.76. The molecule has 1 aliphatic rings. The number of piperazine rings is 1. The van der Waals surface area contributed by atoms with Gasteiger partial charge in [0.2, 0.25) is 0 Å². The van der Waals surface area contributed by atoms with E-state index in [1.165, 1.54) is 0 Å². The Morgan fingerprint density at radius 1 is 1.33 bits per heavy atom. The number of benzene rings is 1. The van der Waals surface area contributed by atoms with E-state index in [1.54, 1.807) is 30.4 Å². The average Bonchev–Trinajstić information content (AvgIpc) is 2.90. The van der Waals surface area contributed by atoms with E-state index in [4.69, 9.17) is 10.5 Å². The number of hydrogen-bond donors (Lipinski definition) is 1. The van der Waals surface area contributed by atoms with Crippen LogP contribution in [0.4, 0.5) is 0 Å². The molecule has 0 amide bonds. The van der Waals surface area contributed by atoms with Gasteiger partial charge < -0.3 is 15.4 Å². The molecule has 3 rings (SSSR count). The van der Waals surface area contributed by atoms with Crippen molar-refractivity contribution in [3.8, 4) is 5.75 Å². The van der Waals surface area contributed by atoms with Crippen molar-refractivity contribution >= 4 is 33.5 Å². The highest BCUT2D eigenvalue weighted by Gasteiger charge is 2.18. The Labute approximate surface area is 133 Å². The van der Waals surface area contributed by atoms with Gasteiger partial charge in [-0.05, 0) is 25.1 Å². The summed E-state index contributed by atoms with van der Waals surface area (Å²) in [7, 11) is 3.89. The van der Waals surface area contributed by atoms with Gasteiger partial charge in [-0.3, -0.25) is 0 Å². The first-order valence-corrected chi connectivity index (χ1v) is 8.57. The number of aromatic nitrogens is 1. The number of nitrogens with two attached hydrogens (primary N) is 1. The maximum atomic E-state index is 5.68. The van der Waals surface area contributed by atoms with Crippen molar-refractivity contribution in [2.24, 2.45) is 5.73 Å². The predicted octanol–water partition coefficient (Wildman–Crippen LogP) is 2.02. The minimum atomic E-state index is 0.489. The van der Waals surface area contributed by atoms with Crippen molar-refractivity contribution in [3.05, 3.63) is 17.1 Å². The Bertz CT molecular complexity index is 623. The number of nitrogens with zero attached hydrogens (tertiary/aromatic N) is 3. The third-order valence-electron chi connectivity index (χ3n) is 3.58. The van der Waals surface area contributed by atoms with Crippen LogP contribution in [-0.4, -0.2) is 54.5 Å². The highest BCUT2D eigenvalue weighted by atomic mass is 32.2. The van der Waals surface area contributed by atoms with E-state index in [0.29, 0.717) is 6.54 Å². The molecule has 1 aromatic carbocycles. The molecule has 0 spiro atoms. The Morgan fingerprint density at radius 2 is 2.10 bits per heavy atom. The highest BCUT2D eigenvalue weighted by Crippen LogP contribution is 2.37. The topological polar surface area (TPSA) is 54.6 Å². The maximum absolute atomic E-state index is 5.68. The molecule has 1 aliphatic heterocycles. The summed E-state index contributed by atoms with van der Waals surface area (Å²) >= 11 is 3.40. The SMILES string of the molecule is COc1cc2sc(CN)nc2cc1SN1CCN(C)CC1. The molecule has 1 saturated heterocycles. The van der Waals surface area contributed by atoms with Crippen molar-refractivity contribution in [1.82, 2.24) is 14.2 Å². The lowest BCUT2D eigenvalue weighted by atomic mass is 10.3. The van der Waals surface area contributed by atoms with Crippen LogP contribution in [0.3, 0.4) is 0 Å². The smallest absolute Gasteiger partial charge is 0.135 e. The third kappa shape index (κ3) is 3.32. The predicted molar refractivity (Wildman–Crippen MR) is 89.0 cm³/mol. The van der Waals surface area contributed by atoms with Gasteiger partial charge in [-0.2, -0.15) is 0 Å². The quantitative estimate of drug-likeness (QED) is 0.869. The number of rotatable bonds is 4. The van der Waals surface area contributed by atoms with Gasteiger partial charge >= 0.3 is 0 Å². The van der Waals surface area contributed by atoms with Crippen LogP contribution in [0.15, 0.2) is 17.0 Å². The lowest BCUT2D eigenvalue weighted by Crippen LogP contribution is -2.40. The minimum absolute atomic E-state index is 0.489. The molecular weight excluding hydrogens is 304 g/mol. The summed E-state index contributed by atoms with van der Waals surface area (Å²) in [5.41, 5.74) is 6.70. The molecule has 114 valence electrons. The van der Waals surface area contributed by atoms with Crippen LogP contribution in [0, 0.1) is 0 Å². The Hall–Kier alpha value is -0.860. The molecule has 7 heteroatoms. The molecule has 0 aliphatic carbocycles. The van der Waals surface area contributed by atoms with E-state index in [9.17, 15) is 0 Å². The first-order valence-electron chi connectivity index (χ1n) is 6.98. The fraction of sp³-hybridized carbons (Fsp3) is 0.500. The van der Waals surface area contributed by atoms with Gasteiger partial charge in [0, 0.05) is 38.8 Å². The van der Waals surface area contributed by atoms with Gasteiger partial charge in [0.25, 0.3) is 0 Å². The van der Waals surface area contributed by atoms with E-state index in [0.717, 1.165) is 52.0 Å². The molecular formula is C14H20N4OS2. The molecule has 1 aromatic heterocycles. The second kappa shape index (κ2) is 6.50. The van der Waals surface area contributed by atoms with Crippen LogP contribution in [-0.2, 0) is 6.54 Å². The molecule has 0 unspecified atom stereocenters. The number of likely N-dealkylation sites (N-methyl/N-ethyl adjacent to an activating group) is 1. The van der Waals surface area contributed by atoms with E-state index in [1.807, 2.05) is 0 Å². The first kappa shape index (κ1) is 15.1. The van der Waals surface area contributed by atoms with Gasteiger partial charge in [-0.1, -0.05) is 0 Å². The van der Waals surface area contributed by atoms with Crippen LogP contribution >= 0.6 is 23.3 Å². The van der Waals surface area contributed by atoms with Gasteiger partial charge in [0.05, 0.1) is 22.2 Å². The second-order valence-corrected chi connectivity index (χ2v) is 7.36. The summed E-state index contributed by atoms with van der Waals surface area (Å²) in [4.78, 5) is 8.05. The standard InChI is InChI=1S/C14H20N4OS2/c1-17-3-5-18(6-4-17)21-13-7-10-12(8-11(13)19-2)20-14(9-15)16-10/h7-8H,3-6,9,15H2,1-2H3. The summed E-state index contributed by atoms with van der Waals surface area (Å²) < 4.78 is 9.07. The summed E-state index contributed by atoms with van der Waals surface area (Å²) in [6.45, 7) is 4.82. The average molecular weight is 324 g/mol. The zero-order valence-electron chi connectivity index (χ0n) is 12.3. The fourth-order valence-corrected chi connectivity index (χ4v) is 4.20. The Morgan fingerprint density at radius 3 is 2.76 bits per heavy atom. The van der Waals surface area contributed by atoms with Crippen LogP contribution in [0.5, 0.6) is 5.75 Å². The zero-order chi connectivity index (χ0) is 14.8. The number of fused-ring (bicyclic) bond motifs is 1. The zero-order valence-corrected chi connectivity index (χ0v) is 14.0. The van der Waals surface area contributed by atoms with Crippen LogP contribution in [0.1, 0.15) is 5.01 Å². The fourth-order valence-electron chi connectivity index (χ4n) is 2.32. The monoisotopic (exact) mass is 324 g/mol. The normalized spacial score (nSPS) is 17.5. The lowest BCUT2D eigenvalue weighted by Gasteiger charge is -2.31. The van der Waals surface area contributed by atoms with Crippen molar-refractivity contribution in [2.45, 2.75) is 11.4 Å². The number of ether oxygens (including phenoxy) is 1. The molecule has 2 aromatic rings. The molecule has 0 radical (unpaired) electrons. The second-order valence-electron chi connectivity index (χ2n) is 5.11. The molecule has 2 N–H and O–H groups in total. The first-order chi connectivity index (χ1) is 10.2. The molecule has 2 heterocycles. The van der Waals surface area contributed by atoms with E-state index >= 15 is 0 Å². The molecule has 21 heavy (non-hydrogen) atoms. The number of thiazole rings is 1. The number of hydrogen-bond acceptors (Lipinski definition) is 7. The van der Waals surface area contributed by atoms with Crippen molar-refractivity contribution < 1.29 is 4.74 Å². The van der Waals surface area contributed by atoms with Crippen molar-refractivity contribution in [1.29, 1.82) is 0 Å². The number of methoxy groups -OCH3 is 1. The van der Waals surface area contributed by atoms with Gasteiger partial charge in [-0.15, -0.1) is 11.3 Å². The maximum Gasteiger partial charge on any atom is 0.135 e. The van der Waals surface area contributed by atoms with Crippen molar-refractivity contribution in [3.63, 3.8) is 0 Å². The Balaban J connectivity index is 1.85.